The van der Waals surface area contributed by atoms with Crippen molar-refractivity contribution in [2.24, 2.45) is 11.7 Å². The molecule has 0 radical (unpaired) electrons. The number of benzene rings is 1. The lowest BCUT2D eigenvalue weighted by Gasteiger charge is -2.28. The highest BCUT2D eigenvalue weighted by molar-refractivity contribution is 5.46. The number of anilines is 1. The second-order valence-corrected chi connectivity index (χ2v) is 4.81. The summed E-state index contributed by atoms with van der Waals surface area (Å²) >= 11 is 0. The molecule has 0 bridgehead atoms. The van der Waals surface area contributed by atoms with E-state index < -0.39 is 0 Å². The van der Waals surface area contributed by atoms with Crippen molar-refractivity contribution >= 4 is 5.69 Å². The third-order valence-electron chi connectivity index (χ3n) is 3.49. The molecule has 0 unspecified atom stereocenters. The van der Waals surface area contributed by atoms with E-state index in [4.69, 9.17) is 10.5 Å². The summed E-state index contributed by atoms with van der Waals surface area (Å²) in [4.78, 5) is 2.33. The minimum Gasteiger partial charge on any atom is -0.381 e. The number of rotatable bonds is 4. The standard InChI is InChI=1S/C14H22N2O/c1-16(11-13-6-8-17-9-7-13)14-4-2-12(10-15)3-5-14/h2-5,13H,6-11,15H2,1H3. The van der Waals surface area contributed by atoms with Gasteiger partial charge in [0.1, 0.15) is 0 Å². The molecule has 0 aliphatic carbocycles. The van der Waals surface area contributed by atoms with E-state index in [0.717, 1.165) is 25.7 Å². The molecule has 3 nitrogen and oxygen atoms in total. The summed E-state index contributed by atoms with van der Waals surface area (Å²) in [5, 5.41) is 0. The molecule has 1 aromatic carbocycles. The van der Waals surface area contributed by atoms with Crippen LogP contribution in [0.25, 0.3) is 0 Å². The minimum absolute atomic E-state index is 0.615. The molecule has 1 fully saturated rings. The average Bonchev–Trinajstić information content (AvgIpc) is 2.40. The first-order valence-corrected chi connectivity index (χ1v) is 6.37. The molecule has 1 saturated heterocycles. The Hall–Kier alpha value is -1.06. The molecule has 1 heterocycles. The molecule has 3 heteroatoms. The number of nitrogens with two attached hydrogens (primary N) is 1. The van der Waals surface area contributed by atoms with Crippen LogP contribution >= 0.6 is 0 Å². The maximum absolute atomic E-state index is 5.60. The zero-order valence-corrected chi connectivity index (χ0v) is 10.6. The second-order valence-electron chi connectivity index (χ2n) is 4.81. The zero-order valence-electron chi connectivity index (χ0n) is 10.6. The first kappa shape index (κ1) is 12.4. The summed E-state index contributed by atoms with van der Waals surface area (Å²) < 4.78 is 5.38. The van der Waals surface area contributed by atoms with Crippen LogP contribution in [0.5, 0.6) is 0 Å². The first-order valence-electron chi connectivity index (χ1n) is 6.37. The highest BCUT2D eigenvalue weighted by Gasteiger charge is 2.15. The fourth-order valence-corrected chi connectivity index (χ4v) is 2.31. The van der Waals surface area contributed by atoms with E-state index in [1.165, 1.54) is 24.1 Å². The Kier molecular flexibility index (Phi) is 4.40. The number of ether oxygens (including phenoxy) is 1. The average molecular weight is 234 g/mol. The molecule has 1 aliphatic heterocycles. The SMILES string of the molecule is CN(CC1CCOCC1)c1ccc(CN)cc1. The molecule has 0 spiro atoms. The molecule has 1 aliphatic rings. The van der Waals surface area contributed by atoms with Gasteiger partial charge in [-0.15, -0.1) is 0 Å². The van der Waals surface area contributed by atoms with Crippen LogP contribution in [-0.4, -0.2) is 26.8 Å². The van der Waals surface area contributed by atoms with E-state index in [1.807, 2.05) is 0 Å². The van der Waals surface area contributed by atoms with Gasteiger partial charge in [0.05, 0.1) is 0 Å². The van der Waals surface area contributed by atoms with Crippen LogP contribution in [0, 0.1) is 5.92 Å². The Labute approximate surface area is 104 Å². The molecule has 1 aromatic rings. The van der Waals surface area contributed by atoms with Crippen LogP contribution in [0.3, 0.4) is 0 Å². The van der Waals surface area contributed by atoms with E-state index >= 15 is 0 Å². The smallest absolute Gasteiger partial charge is 0.0469 e. The second kappa shape index (κ2) is 6.03. The molecule has 0 saturated carbocycles. The van der Waals surface area contributed by atoms with Crippen molar-refractivity contribution in [1.82, 2.24) is 0 Å². The molecular formula is C14H22N2O. The van der Waals surface area contributed by atoms with E-state index in [-0.39, 0.29) is 0 Å². The Morgan fingerprint density at radius 2 is 1.88 bits per heavy atom. The fraction of sp³-hybridized carbons (Fsp3) is 0.571. The summed E-state index contributed by atoms with van der Waals surface area (Å²) in [5.74, 6) is 0.767. The van der Waals surface area contributed by atoms with Crippen LogP contribution in [0.2, 0.25) is 0 Å². The first-order chi connectivity index (χ1) is 8.29. The van der Waals surface area contributed by atoms with Gasteiger partial charge in [-0.25, -0.2) is 0 Å². The maximum Gasteiger partial charge on any atom is 0.0469 e. The van der Waals surface area contributed by atoms with Gasteiger partial charge in [0, 0.05) is 39.0 Å². The number of hydrogen-bond acceptors (Lipinski definition) is 3. The molecule has 0 atom stereocenters. The fourth-order valence-electron chi connectivity index (χ4n) is 2.31. The van der Waals surface area contributed by atoms with Gasteiger partial charge in [0.15, 0.2) is 0 Å². The molecule has 2 N–H and O–H groups in total. The Balaban J connectivity index is 1.91. The molecule has 94 valence electrons. The topological polar surface area (TPSA) is 38.5 Å². The van der Waals surface area contributed by atoms with Crippen molar-refractivity contribution in [2.45, 2.75) is 19.4 Å². The van der Waals surface area contributed by atoms with Crippen LogP contribution in [0.4, 0.5) is 5.69 Å². The zero-order chi connectivity index (χ0) is 12.1. The highest BCUT2D eigenvalue weighted by atomic mass is 16.5. The van der Waals surface area contributed by atoms with Gasteiger partial charge in [0.25, 0.3) is 0 Å². The van der Waals surface area contributed by atoms with Gasteiger partial charge < -0.3 is 15.4 Å². The summed E-state index contributed by atoms with van der Waals surface area (Å²) in [6, 6.07) is 8.52. The van der Waals surface area contributed by atoms with Crippen molar-refractivity contribution in [1.29, 1.82) is 0 Å². The predicted octanol–water partition coefficient (Wildman–Crippen LogP) is 2.01. The monoisotopic (exact) mass is 234 g/mol. The van der Waals surface area contributed by atoms with Crippen molar-refractivity contribution in [3.8, 4) is 0 Å². The molecule has 2 rings (SSSR count). The van der Waals surface area contributed by atoms with Crippen LogP contribution < -0.4 is 10.6 Å². The van der Waals surface area contributed by atoms with E-state index in [0.29, 0.717) is 6.54 Å². The quantitative estimate of drug-likeness (QED) is 0.866. The predicted molar refractivity (Wildman–Crippen MR) is 71.1 cm³/mol. The lowest BCUT2D eigenvalue weighted by Crippen LogP contribution is -2.29. The van der Waals surface area contributed by atoms with E-state index in [2.05, 4.69) is 36.2 Å². The van der Waals surface area contributed by atoms with Crippen LogP contribution in [0.1, 0.15) is 18.4 Å². The summed E-state index contributed by atoms with van der Waals surface area (Å²) in [7, 11) is 2.16. The van der Waals surface area contributed by atoms with E-state index in [9.17, 15) is 0 Å². The van der Waals surface area contributed by atoms with Gasteiger partial charge in [0.2, 0.25) is 0 Å². The summed E-state index contributed by atoms with van der Waals surface area (Å²) in [6.45, 7) is 3.57. The maximum atomic E-state index is 5.60. The Morgan fingerprint density at radius 1 is 1.24 bits per heavy atom. The van der Waals surface area contributed by atoms with E-state index in [1.54, 1.807) is 0 Å². The minimum atomic E-state index is 0.615. The van der Waals surface area contributed by atoms with Crippen molar-refractivity contribution in [2.75, 3.05) is 31.7 Å². The Bertz CT molecular complexity index is 331. The molecule has 17 heavy (non-hydrogen) atoms. The van der Waals surface area contributed by atoms with Crippen molar-refractivity contribution in [3.63, 3.8) is 0 Å². The molecule has 0 amide bonds. The normalized spacial score (nSPS) is 17.1. The third kappa shape index (κ3) is 3.45. The van der Waals surface area contributed by atoms with Crippen LogP contribution in [-0.2, 0) is 11.3 Å². The van der Waals surface area contributed by atoms with Gasteiger partial charge in [-0.3, -0.25) is 0 Å². The van der Waals surface area contributed by atoms with Gasteiger partial charge in [-0.2, -0.15) is 0 Å². The largest absolute Gasteiger partial charge is 0.381 e. The summed E-state index contributed by atoms with van der Waals surface area (Å²) in [6.07, 6.45) is 2.37. The van der Waals surface area contributed by atoms with Gasteiger partial charge in [-0.05, 0) is 36.5 Å². The van der Waals surface area contributed by atoms with Crippen LogP contribution in [0.15, 0.2) is 24.3 Å². The van der Waals surface area contributed by atoms with Gasteiger partial charge in [-0.1, -0.05) is 12.1 Å². The lowest BCUT2D eigenvalue weighted by atomic mass is 9.99. The third-order valence-corrected chi connectivity index (χ3v) is 3.49. The Morgan fingerprint density at radius 3 is 2.47 bits per heavy atom. The number of nitrogens with zero attached hydrogens (tertiary/aromatic N) is 1. The van der Waals surface area contributed by atoms with Crippen molar-refractivity contribution in [3.05, 3.63) is 29.8 Å². The highest BCUT2D eigenvalue weighted by Crippen LogP contribution is 2.20. The molecular weight excluding hydrogens is 212 g/mol. The molecule has 0 aromatic heterocycles. The number of hydrogen-bond donors (Lipinski definition) is 1. The summed E-state index contributed by atoms with van der Waals surface area (Å²) in [5.41, 5.74) is 8.06. The van der Waals surface area contributed by atoms with Gasteiger partial charge >= 0.3 is 0 Å². The van der Waals surface area contributed by atoms with Crippen molar-refractivity contribution < 1.29 is 4.74 Å². The lowest BCUT2D eigenvalue weighted by molar-refractivity contribution is 0.0685.